The summed E-state index contributed by atoms with van der Waals surface area (Å²) >= 11 is 0. The Hall–Kier alpha value is -2.74. The van der Waals surface area contributed by atoms with Gasteiger partial charge in [-0.2, -0.15) is 0 Å². The standard InChI is InChI=1S/C15H22O4.C13H18O3/c1-2-3-9-17-10-11-18-12-13-19-15(16)14-7-5-4-6-8-14;1-2-3-9-15-10-11-16-13(14)12-7-5-4-6-8-12/h4-8H,2-3,9-13H2,1H3;4-8H,2-3,9-11H2,1H3. The van der Waals surface area contributed by atoms with Crippen molar-refractivity contribution < 1.29 is 33.3 Å². The van der Waals surface area contributed by atoms with Gasteiger partial charge in [0.15, 0.2) is 0 Å². The van der Waals surface area contributed by atoms with Crippen molar-refractivity contribution in [1.82, 2.24) is 0 Å². The fourth-order valence-corrected chi connectivity index (χ4v) is 2.62. The van der Waals surface area contributed by atoms with Crippen LogP contribution in [-0.2, 0) is 23.7 Å². The molecule has 0 heterocycles. The Balaban J connectivity index is 0.000000355. The van der Waals surface area contributed by atoms with Crippen molar-refractivity contribution in [2.24, 2.45) is 0 Å². The van der Waals surface area contributed by atoms with Gasteiger partial charge >= 0.3 is 11.9 Å². The third-order valence-electron chi connectivity index (χ3n) is 4.60. The summed E-state index contributed by atoms with van der Waals surface area (Å²) in [7, 11) is 0. The summed E-state index contributed by atoms with van der Waals surface area (Å²) in [6.45, 7) is 8.33. The van der Waals surface area contributed by atoms with Crippen molar-refractivity contribution in [2.45, 2.75) is 39.5 Å². The summed E-state index contributed by atoms with van der Waals surface area (Å²) < 4.78 is 26.0. The van der Waals surface area contributed by atoms with E-state index in [4.69, 9.17) is 23.7 Å². The number of hydrogen-bond acceptors (Lipinski definition) is 7. The third kappa shape index (κ3) is 16.5. The number of ether oxygens (including phenoxy) is 5. The van der Waals surface area contributed by atoms with Crippen LogP contribution in [0.15, 0.2) is 60.7 Å². The minimum Gasteiger partial charge on any atom is -0.460 e. The zero-order valence-electron chi connectivity index (χ0n) is 21.1. The molecule has 0 aromatic heterocycles. The average Bonchev–Trinajstić information content (AvgIpc) is 2.91. The van der Waals surface area contributed by atoms with Crippen molar-refractivity contribution in [1.29, 1.82) is 0 Å². The molecule has 0 aliphatic rings. The van der Waals surface area contributed by atoms with E-state index in [9.17, 15) is 9.59 Å². The SMILES string of the molecule is CCCCOCCOC(=O)c1ccccc1.CCCCOCCOCCOC(=O)c1ccccc1. The summed E-state index contributed by atoms with van der Waals surface area (Å²) in [4.78, 5) is 23.0. The molecule has 0 spiro atoms. The number of hydrogen-bond donors (Lipinski definition) is 0. The quantitative estimate of drug-likeness (QED) is 0.220. The van der Waals surface area contributed by atoms with Gasteiger partial charge in [-0.15, -0.1) is 0 Å². The summed E-state index contributed by atoms with van der Waals surface area (Å²) in [5.74, 6) is -0.608. The summed E-state index contributed by atoms with van der Waals surface area (Å²) in [5, 5.41) is 0. The average molecular weight is 489 g/mol. The Labute approximate surface area is 209 Å². The van der Waals surface area contributed by atoms with E-state index in [0.717, 1.165) is 38.9 Å². The Morgan fingerprint density at radius 1 is 0.514 bits per heavy atom. The van der Waals surface area contributed by atoms with E-state index < -0.39 is 0 Å². The number of unbranched alkanes of at least 4 members (excludes halogenated alkanes) is 2. The molecule has 0 N–H and O–H groups in total. The Kier molecular flexibility index (Phi) is 18.8. The van der Waals surface area contributed by atoms with Crippen LogP contribution in [0.1, 0.15) is 60.2 Å². The Morgan fingerprint density at radius 3 is 1.23 bits per heavy atom. The number of esters is 2. The van der Waals surface area contributed by atoms with E-state index in [-0.39, 0.29) is 18.5 Å². The molecule has 0 aliphatic carbocycles. The van der Waals surface area contributed by atoms with Gasteiger partial charge in [-0.05, 0) is 37.1 Å². The molecule has 0 amide bonds. The monoisotopic (exact) mass is 488 g/mol. The Morgan fingerprint density at radius 2 is 0.857 bits per heavy atom. The second-order valence-electron chi connectivity index (χ2n) is 7.55. The number of carbonyl (C=O) groups excluding carboxylic acids is 2. The molecule has 0 aliphatic heterocycles. The molecule has 2 aromatic rings. The fourth-order valence-electron chi connectivity index (χ4n) is 2.62. The van der Waals surface area contributed by atoms with Crippen molar-refractivity contribution >= 4 is 11.9 Å². The molecular formula is C28H40O7. The van der Waals surface area contributed by atoms with E-state index in [1.165, 1.54) is 0 Å². The van der Waals surface area contributed by atoms with Crippen LogP contribution < -0.4 is 0 Å². The number of rotatable bonds is 17. The lowest BCUT2D eigenvalue weighted by Crippen LogP contribution is -2.13. The van der Waals surface area contributed by atoms with Crippen LogP contribution in [0.3, 0.4) is 0 Å². The van der Waals surface area contributed by atoms with E-state index in [2.05, 4.69) is 13.8 Å². The first-order valence-corrected chi connectivity index (χ1v) is 12.4. The van der Waals surface area contributed by atoms with Gasteiger partial charge in [0.2, 0.25) is 0 Å². The van der Waals surface area contributed by atoms with E-state index in [1.807, 2.05) is 24.3 Å². The fraction of sp³-hybridized carbons (Fsp3) is 0.500. The highest BCUT2D eigenvalue weighted by Crippen LogP contribution is 2.01. The van der Waals surface area contributed by atoms with E-state index in [0.29, 0.717) is 44.2 Å². The highest BCUT2D eigenvalue weighted by Gasteiger charge is 2.05. The first-order chi connectivity index (χ1) is 17.2. The van der Waals surface area contributed by atoms with Gasteiger partial charge in [0.1, 0.15) is 13.2 Å². The summed E-state index contributed by atoms with van der Waals surface area (Å²) in [5.41, 5.74) is 1.14. The highest BCUT2D eigenvalue weighted by atomic mass is 16.6. The smallest absolute Gasteiger partial charge is 0.338 e. The van der Waals surface area contributed by atoms with Crippen molar-refractivity contribution in [3.63, 3.8) is 0 Å². The molecule has 0 saturated heterocycles. The lowest BCUT2D eigenvalue weighted by molar-refractivity contribution is 0.0143. The lowest BCUT2D eigenvalue weighted by Gasteiger charge is -2.06. The van der Waals surface area contributed by atoms with Gasteiger partial charge in [0.25, 0.3) is 0 Å². The molecule has 7 heteroatoms. The maximum atomic E-state index is 11.5. The molecular weight excluding hydrogens is 448 g/mol. The van der Waals surface area contributed by atoms with Crippen LogP contribution in [0.2, 0.25) is 0 Å². The van der Waals surface area contributed by atoms with Crippen LogP contribution in [0.25, 0.3) is 0 Å². The summed E-state index contributed by atoms with van der Waals surface area (Å²) in [6, 6.07) is 17.9. The lowest BCUT2D eigenvalue weighted by atomic mass is 10.2. The molecule has 2 aromatic carbocycles. The molecule has 2 rings (SSSR count). The second-order valence-corrected chi connectivity index (χ2v) is 7.55. The van der Waals surface area contributed by atoms with Gasteiger partial charge < -0.3 is 23.7 Å². The maximum absolute atomic E-state index is 11.5. The van der Waals surface area contributed by atoms with Gasteiger partial charge in [-0.25, -0.2) is 9.59 Å². The predicted octanol–water partition coefficient (Wildman–Crippen LogP) is 5.34. The minimum atomic E-state index is -0.316. The second kappa shape index (κ2) is 21.8. The third-order valence-corrected chi connectivity index (χ3v) is 4.60. The molecule has 0 atom stereocenters. The zero-order chi connectivity index (χ0) is 25.4. The number of carbonyl (C=O) groups is 2. The van der Waals surface area contributed by atoms with Gasteiger partial charge in [0.05, 0.1) is 37.6 Å². The minimum absolute atomic E-state index is 0.267. The van der Waals surface area contributed by atoms with Crippen LogP contribution in [0, 0.1) is 0 Å². The molecule has 0 unspecified atom stereocenters. The van der Waals surface area contributed by atoms with Crippen LogP contribution in [-0.4, -0.2) is 64.8 Å². The molecule has 194 valence electrons. The molecule has 35 heavy (non-hydrogen) atoms. The van der Waals surface area contributed by atoms with Crippen molar-refractivity contribution in [3.8, 4) is 0 Å². The summed E-state index contributed by atoms with van der Waals surface area (Å²) in [6.07, 6.45) is 4.38. The van der Waals surface area contributed by atoms with Crippen molar-refractivity contribution in [3.05, 3.63) is 71.8 Å². The zero-order valence-corrected chi connectivity index (χ0v) is 21.1. The first-order valence-electron chi connectivity index (χ1n) is 12.4. The van der Waals surface area contributed by atoms with Crippen LogP contribution in [0.5, 0.6) is 0 Å². The number of benzene rings is 2. The first kappa shape index (κ1) is 30.3. The van der Waals surface area contributed by atoms with Crippen LogP contribution >= 0.6 is 0 Å². The maximum Gasteiger partial charge on any atom is 0.338 e. The molecule has 0 saturated carbocycles. The van der Waals surface area contributed by atoms with Gasteiger partial charge in [-0.1, -0.05) is 63.1 Å². The van der Waals surface area contributed by atoms with E-state index >= 15 is 0 Å². The van der Waals surface area contributed by atoms with E-state index in [1.54, 1.807) is 36.4 Å². The predicted molar refractivity (Wildman–Crippen MR) is 136 cm³/mol. The Bertz CT molecular complexity index is 765. The molecule has 0 radical (unpaired) electrons. The molecule has 0 fully saturated rings. The molecule has 7 nitrogen and oxygen atoms in total. The topological polar surface area (TPSA) is 80.3 Å². The highest BCUT2D eigenvalue weighted by molar-refractivity contribution is 5.89. The largest absolute Gasteiger partial charge is 0.460 e. The van der Waals surface area contributed by atoms with Crippen molar-refractivity contribution in [2.75, 3.05) is 52.9 Å². The van der Waals surface area contributed by atoms with Gasteiger partial charge in [0, 0.05) is 13.2 Å². The normalized spacial score (nSPS) is 10.2. The van der Waals surface area contributed by atoms with Crippen LogP contribution in [0.4, 0.5) is 0 Å². The van der Waals surface area contributed by atoms with Gasteiger partial charge in [-0.3, -0.25) is 0 Å². The molecule has 0 bridgehead atoms.